The van der Waals surface area contributed by atoms with E-state index in [1.807, 2.05) is 7.11 Å². The maximum Gasteiger partial charge on any atom is 0.293 e. The van der Waals surface area contributed by atoms with Gasteiger partial charge in [-0.1, -0.05) is 82.1 Å². The van der Waals surface area contributed by atoms with E-state index in [1.54, 1.807) is 0 Å². The van der Waals surface area contributed by atoms with Crippen molar-refractivity contribution in [1.29, 1.82) is 1.43 Å². The smallest absolute Gasteiger partial charge is 0.293 e. The molecule has 0 heterocycles. The number of rotatable bonds is 6. The molecule has 0 aliphatic heterocycles. The molecule has 1 N–H and O–H groups in total. The largest absolute Gasteiger partial charge is 0.508 e. The fourth-order valence-electron chi connectivity index (χ4n) is 7.24. The molecule has 0 unspecified atom stereocenters. The van der Waals surface area contributed by atoms with E-state index in [0.717, 1.165) is 11.5 Å². The topological polar surface area (TPSA) is 29.5 Å². The lowest BCUT2D eigenvalue weighted by Crippen LogP contribution is -2.31. The van der Waals surface area contributed by atoms with Crippen LogP contribution >= 0.6 is 0 Å². The number of phenolic OH excluding ortho intramolecular Hbond substituents is 1. The number of aromatic hydroxyl groups is 1. The average Bonchev–Trinajstić information content (AvgIpc) is 2.93. The third-order valence-corrected chi connectivity index (χ3v) is 9.14. The van der Waals surface area contributed by atoms with Crippen LogP contribution < -0.4 is 4.74 Å². The Labute approximate surface area is 202 Å². The Morgan fingerprint density at radius 1 is 0.727 bits per heavy atom. The first-order chi connectivity index (χ1) is 16.7. The monoisotopic (exact) mass is 447 g/mol. The molecule has 0 saturated heterocycles. The van der Waals surface area contributed by atoms with Crippen molar-refractivity contribution < 1.29 is 9.85 Å². The van der Waals surface area contributed by atoms with Gasteiger partial charge in [0, 0.05) is 5.41 Å². The van der Waals surface area contributed by atoms with Crippen molar-refractivity contribution in [2.45, 2.75) is 114 Å². The Hall–Kier alpha value is -1.96. The molecule has 5 rings (SSSR count). The summed E-state index contributed by atoms with van der Waals surface area (Å²) in [6.45, 7) is 0. The van der Waals surface area contributed by atoms with Crippen LogP contribution in [0, 0.1) is 0 Å². The van der Waals surface area contributed by atoms with Crippen LogP contribution in [0.4, 0.5) is 0 Å². The van der Waals surface area contributed by atoms with Gasteiger partial charge in [-0.2, -0.15) is 0 Å². The van der Waals surface area contributed by atoms with E-state index in [1.165, 1.54) is 119 Å². The second kappa shape index (κ2) is 10.1. The molecule has 0 amide bonds. The lowest BCUT2D eigenvalue weighted by Gasteiger charge is -2.40. The third kappa shape index (κ3) is 4.55. The molecule has 2 heteroatoms. The molecule has 33 heavy (non-hydrogen) atoms. The number of phenols is 1. The van der Waals surface area contributed by atoms with Gasteiger partial charge >= 0.3 is 0 Å². The number of ether oxygens (including phenoxy) is 1. The summed E-state index contributed by atoms with van der Waals surface area (Å²) in [6, 6.07) is 13.9. The van der Waals surface area contributed by atoms with Crippen LogP contribution in [0.2, 0.25) is 0 Å². The molecule has 3 saturated carbocycles. The van der Waals surface area contributed by atoms with E-state index in [0.29, 0.717) is 11.8 Å². The van der Waals surface area contributed by atoms with E-state index < -0.39 is 0 Å². The zero-order valence-electron chi connectivity index (χ0n) is 21.5. The predicted molar refractivity (Wildman–Crippen MR) is 137 cm³/mol. The van der Waals surface area contributed by atoms with E-state index in [-0.39, 0.29) is 5.41 Å². The lowest BCUT2D eigenvalue weighted by molar-refractivity contribution is 0.341. The minimum Gasteiger partial charge on any atom is -0.508 e. The first-order valence-corrected chi connectivity index (χ1v) is 13.7. The van der Waals surface area contributed by atoms with E-state index in [9.17, 15) is 0 Å². The summed E-state index contributed by atoms with van der Waals surface area (Å²) in [5.41, 5.74) is 5.68. The SMILES string of the molecule is [2H]Oc1ccc(C2(c3ccc(OC)c(C4CCCCC4)c3)CCCCC2)cc1C1CCCCC1. The van der Waals surface area contributed by atoms with Crippen LogP contribution in [0.25, 0.3) is 0 Å². The summed E-state index contributed by atoms with van der Waals surface area (Å²) in [7, 11) is 1.83. The molecule has 0 radical (unpaired) electrons. The molecule has 3 fully saturated rings. The van der Waals surface area contributed by atoms with Crippen molar-refractivity contribution in [2.75, 3.05) is 7.11 Å². The van der Waals surface area contributed by atoms with Gasteiger partial charge in [0.1, 0.15) is 11.5 Å². The van der Waals surface area contributed by atoms with E-state index in [2.05, 4.69) is 36.4 Å². The van der Waals surface area contributed by atoms with E-state index in [4.69, 9.17) is 11.3 Å². The van der Waals surface area contributed by atoms with Crippen molar-refractivity contribution in [1.82, 2.24) is 0 Å². The van der Waals surface area contributed by atoms with Crippen molar-refractivity contribution in [3.8, 4) is 11.5 Å². The zero-order valence-corrected chi connectivity index (χ0v) is 20.5. The van der Waals surface area contributed by atoms with Crippen LogP contribution in [0.5, 0.6) is 11.5 Å². The highest BCUT2D eigenvalue weighted by molar-refractivity contribution is 5.50. The molecule has 178 valence electrons. The molecule has 0 spiro atoms. The van der Waals surface area contributed by atoms with Gasteiger partial charge in [0.25, 0.3) is 1.43 Å². The fourth-order valence-corrected chi connectivity index (χ4v) is 7.24. The molecule has 0 aromatic heterocycles. The zero-order chi connectivity index (χ0) is 23.4. The highest BCUT2D eigenvalue weighted by atomic mass is 16.5. The summed E-state index contributed by atoms with van der Waals surface area (Å²) in [6.07, 6.45) is 19.3. The molecule has 3 aliphatic carbocycles. The lowest BCUT2D eigenvalue weighted by atomic mass is 9.64. The Morgan fingerprint density at radius 3 is 1.88 bits per heavy atom. The van der Waals surface area contributed by atoms with Gasteiger partial charge in [-0.05, 0) is 84.7 Å². The van der Waals surface area contributed by atoms with Crippen LogP contribution in [0.1, 0.15) is 130 Å². The predicted octanol–water partition coefficient (Wildman–Crippen LogP) is 8.75. The molecule has 2 aromatic carbocycles. The van der Waals surface area contributed by atoms with Crippen LogP contribution in [-0.2, 0) is 5.41 Å². The third-order valence-electron chi connectivity index (χ3n) is 9.14. The van der Waals surface area contributed by atoms with Crippen molar-refractivity contribution in [3.63, 3.8) is 0 Å². The maximum absolute atomic E-state index is 7.70. The van der Waals surface area contributed by atoms with Gasteiger partial charge in [0.2, 0.25) is 0 Å². The quantitative estimate of drug-likeness (QED) is 0.479. The summed E-state index contributed by atoms with van der Waals surface area (Å²) in [4.78, 5) is 0. The van der Waals surface area contributed by atoms with Crippen molar-refractivity contribution >= 4 is 0 Å². The van der Waals surface area contributed by atoms with Gasteiger partial charge in [0.05, 0.1) is 7.11 Å². The highest BCUT2D eigenvalue weighted by Gasteiger charge is 2.37. The summed E-state index contributed by atoms with van der Waals surface area (Å²) < 4.78 is 13.6. The Balaban J connectivity index is 1.59. The molecular formula is C31H42O2. The van der Waals surface area contributed by atoms with Crippen LogP contribution in [0.3, 0.4) is 0 Å². The Kier molecular flexibility index (Phi) is 6.61. The number of hydrogen-bond acceptors (Lipinski definition) is 2. The maximum atomic E-state index is 7.70. The number of benzene rings is 2. The second-order valence-electron chi connectivity index (χ2n) is 11.0. The van der Waals surface area contributed by atoms with Gasteiger partial charge in [-0.25, -0.2) is 0 Å². The minimum atomic E-state index is 0.0535. The summed E-state index contributed by atoms with van der Waals surface area (Å²) in [5.74, 6) is 2.99. The highest BCUT2D eigenvalue weighted by Crippen LogP contribution is 2.49. The van der Waals surface area contributed by atoms with Crippen LogP contribution in [-0.4, -0.2) is 13.6 Å². The minimum absolute atomic E-state index is 0.0535. The van der Waals surface area contributed by atoms with Gasteiger partial charge in [-0.3, -0.25) is 0 Å². The van der Waals surface area contributed by atoms with Gasteiger partial charge < -0.3 is 9.85 Å². The fraction of sp³-hybridized carbons (Fsp3) is 0.613. The van der Waals surface area contributed by atoms with Gasteiger partial charge in [-0.15, -0.1) is 0 Å². The molecular weight excluding hydrogens is 404 g/mol. The van der Waals surface area contributed by atoms with E-state index >= 15 is 0 Å². The molecule has 0 atom stereocenters. The molecule has 3 aliphatic rings. The van der Waals surface area contributed by atoms with Crippen LogP contribution in [0.15, 0.2) is 36.4 Å². The Bertz CT molecular complexity index is 878. The standard InChI is InChI=1S/C31H42O2/c1-33-30-18-16-26(22-28(30)24-13-7-3-8-14-24)31(19-9-4-10-20-31)25-15-17-29(32)27(21-25)23-11-5-2-6-12-23/h15-18,21-24,32H,2-14,19-20H2,1H3/i/hD. The van der Waals surface area contributed by atoms with Crippen molar-refractivity contribution in [3.05, 3.63) is 58.7 Å². The average molecular weight is 448 g/mol. The van der Waals surface area contributed by atoms with Crippen molar-refractivity contribution in [2.24, 2.45) is 0 Å². The Morgan fingerprint density at radius 2 is 1.27 bits per heavy atom. The normalized spacial score (nSPS) is 22.5. The number of hydrogen-bond donors (Lipinski definition) is 1. The summed E-state index contributed by atoms with van der Waals surface area (Å²) in [5, 5.41) is 5.14. The molecule has 0 bridgehead atoms. The molecule has 2 aromatic rings. The second-order valence-corrected chi connectivity index (χ2v) is 11.0. The number of methoxy groups -OCH3 is 1. The summed E-state index contributed by atoms with van der Waals surface area (Å²) >= 11 is 0. The van der Waals surface area contributed by atoms with Gasteiger partial charge in [0.15, 0.2) is 0 Å². The first-order valence-electron chi connectivity index (χ1n) is 14.1. The first kappa shape index (κ1) is 21.6. The molecule has 2 nitrogen and oxygen atoms in total.